The predicted molar refractivity (Wildman–Crippen MR) is 102 cm³/mol. The normalized spacial score (nSPS) is 14.9. The molecule has 132 valence electrons. The molecule has 1 aliphatic heterocycles. The summed E-state index contributed by atoms with van der Waals surface area (Å²) in [5, 5.41) is 7.14. The zero-order valence-electron chi connectivity index (χ0n) is 14.1. The number of carbonyl (C=O) groups is 1. The van der Waals surface area contributed by atoms with Gasteiger partial charge in [0.15, 0.2) is 0 Å². The van der Waals surface area contributed by atoms with Gasteiger partial charge in [0.25, 0.3) is 0 Å². The Balaban J connectivity index is 1.46. The smallest absolute Gasteiger partial charge is 0.227 e. The van der Waals surface area contributed by atoms with E-state index in [1.807, 2.05) is 42.5 Å². The summed E-state index contributed by atoms with van der Waals surface area (Å²) in [6, 6.07) is 15.7. The molecule has 4 nitrogen and oxygen atoms in total. The average Bonchev–Trinajstić information content (AvgIpc) is 2.64. The van der Waals surface area contributed by atoms with Gasteiger partial charge in [-0.3, -0.25) is 4.79 Å². The van der Waals surface area contributed by atoms with Gasteiger partial charge >= 0.3 is 0 Å². The maximum atomic E-state index is 12.2. The van der Waals surface area contributed by atoms with E-state index in [-0.39, 0.29) is 11.8 Å². The number of rotatable bonds is 6. The van der Waals surface area contributed by atoms with Gasteiger partial charge in [-0.15, -0.1) is 0 Å². The lowest BCUT2D eigenvalue weighted by molar-refractivity contribution is -0.122. The minimum Gasteiger partial charge on any atom is -0.385 e. The zero-order valence-corrected chi connectivity index (χ0v) is 14.9. The highest BCUT2D eigenvalue weighted by Crippen LogP contribution is 2.19. The number of hydrogen-bond donors (Lipinski definition) is 2. The van der Waals surface area contributed by atoms with Crippen LogP contribution in [0.15, 0.2) is 48.5 Å². The first-order valence-corrected chi connectivity index (χ1v) is 9.05. The van der Waals surface area contributed by atoms with Crippen LogP contribution in [0.1, 0.15) is 18.4 Å². The molecule has 0 unspecified atom stereocenters. The van der Waals surface area contributed by atoms with Crippen LogP contribution < -0.4 is 10.6 Å². The van der Waals surface area contributed by atoms with Gasteiger partial charge in [0, 0.05) is 42.1 Å². The summed E-state index contributed by atoms with van der Waals surface area (Å²) >= 11 is 5.99. The maximum absolute atomic E-state index is 12.2. The van der Waals surface area contributed by atoms with E-state index in [9.17, 15) is 4.79 Å². The lowest BCUT2D eigenvalue weighted by Crippen LogP contribution is -2.28. The molecular formula is C20H23ClN2O2. The van der Waals surface area contributed by atoms with Crippen LogP contribution in [0.25, 0.3) is 0 Å². The van der Waals surface area contributed by atoms with E-state index in [1.165, 1.54) is 5.56 Å². The summed E-state index contributed by atoms with van der Waals surface area (Å²) in [6.07, 6.45) is 2.51. The number of benzene rings is 2. The number of hydrogen-bond acceptors (Lipinski definition) is 3. The zero-order chi connectivity index (χ0) is 17.5. The average molecular weight is 359 g/mol. The Hall–Kier alpha value is -2.04. The molecule has 0 bridgehead atoms. The number of anilines is 2. The quantitative estimate of drug-likeness (QED) is 0.806. The van der Waals surface area contributed by atoms with Crippen LogP contribution in [0.4, 0.5) is 11.4 Å². The fourth-order valence-electron chi connectivity index (χ4n) is 2.92. The van der Waals surface area contributed by atoms with Crippen molar-refractivity contribution in [2.45, 2.75) is 19.3 Å². The summed E-state index contributed by atoms with van der Waals surface area (Å²) in [7, 11) is 0. The number of carbonyl (C=O) groups excluding carboxylic acids is 1. The van der Waals surface area contributed by atoms with Crippen molar-refractivity contribution in [1.82, 2.24) is 0 Å². The van der Waals surface area contributed by atoms with Crippen molar-refractivity contribution in [2.24, 2.45) is 5.92 Å². The molecule has 2 aromatic carbocycles. The minimum atomic E-state index is 0.0595. The van der Waals surface area contributed by atoms with Crippen LogP contribution in [-0.4, -0.2) is 25.7 Å². The lowest BCUT2D eigenvalue weighted by Gasteiger charge is -2.21. The molecule has 1 amide bonds. The number of amides is 1. The van der Waals surface area contributed by atoms with Crippen molar-refractivity contribution in [3.05, 3.63) is 59.1 Å². The summed E-state index contributed by atoms with van der Waals surface area (Å²) in [6.45, 7) is 2.18. The fraction of sp³-hybridized carbons (Fsp3) is 0.350. The van der Waals surface area contributed by atoms with E-state index in [1.54, 1.807) is 0 Å². The molecule has 1 heterocycles. The molecule has 2 N–H and O–H groups in total. The van der Waals surface area contributed by atoms with Crippen molar-refractivity contribution < 1.29 is 9.53 Å². The van der Waals surface area contributed by atoms with Crippen molar-refractivity contribution in [2.75, 3.05) is 30.4 Å². The third-order valence-electron chi connectivity index (χ3n) is 4.38. The summed E-state index contributed by atoms with van der Waals surface area (Å²) in [5.74, 6) is 0.147. The van der Waals surface area contributed by atoms with E-state index in [0.717, 1.165) is 42.2 Å². The van der Waals surface area contributed by atoms with Crippen molar-refractivity contribution >= 4 is 28.9 Å². The maximum Gasteiger partial charge on any atom is 0.227 e. The number of nitrogens with one attached hydrogen (secondary N) is 2. The summed E-state index contributed by atoms with van der Waals surface area (Å²) in [5.41, 5.74) is 3.07. The van der Waals surface area contributed by atoms with Crippen LogP contribution in [0.3, 0.4) is 0 Å². The van der Waals surface area contributed by atoms with E-state index >= 15 is 0 Å². The molecule has 1 fully saturated rings. The molecule has 0 spiro atoms. The Morgan fingerprint density at radius 1 is 1.08 bits per heavy atom. The highest BCUT2D eigenvalue weighted by atomic mass is 35.5. The number of halogens is 1. The van der Waals surface area contributed by atoms with Crippen molar-refractivity contribution in [3.63, 3.8) is 0 Å². The number of ether oxygens (including phenoxy) is 1. The van der Waals surface area contributed by atoms with Gasteiger partial charge in [-0.2, -0.15) is 0 Å². The first kappa shape index (κ1) is 17.8. The Morgan fingerprint density at radius 3 is 2.52 bits per heavy atom. The monoisotopic (exact) mass is 358 g/mol. The Labute approximate surface area is 153 Å². The first-order valence-electron chi connectivity index (χ1n) is 8.68. The standard InChI is InChI=1S/C20H23ClN2O2/c21-17-3-1-2-15(14-17)8-11-22-18-4-6-19(7-5-18)23-20(24)16-9-12-25-13-10-16/h1-7,14,16,22H,8-13H2,(H,23,24). The predicted octanol–water partition coefficient (Wildman–Crippen LogP) is 4.36. The Bertz CT molecular complexity index is 697. The van der Waals surface area contributed by atoms with Crippen molar-refractivity contribution in [3.8, 4) is 0 Å². The van der Waals surface area contributed by atoms with Crippen LogP contribution in [0.5, 0.6) is 0 Å². The molecule has 0 radical (unpaired) electrons. The van der Waals surface area contributed by atoms with E-state index < -0.39 is 0 Å². The lowest BCUT2D eigenvalue weighted by atomic mass is 9.99. The molecule has 2 aromatic rings. The third-order valence-corrected chi connectivity index (χ3v) is 4.61. The van der Waals surface area contributed by atoms with Crippen LogP contribution >= 0.6 is 11.6 Å². The molecule has 25 heavy (non-hydrogen) atoms. The summed E-state index contributed by atoms with van der Waals surface area (Å²) in [4.78, 5) is 12.2. The van der Waals surface area contributed by atoms with E-state index in [4.69, 9.17) is 16.3 Å². The summed E-state index contributed by atoms with van der Waals surface area (Å²) < 4.78 is 5.30. The Morgan fingerprint density at radius 2 is 1.80 bits per heavy atom. The fourth-order valence-corrected chi connectivity index (χ4v) is 3.13. The molecular weight excluding hydrogens is 336 g/mol. The second-order valence-corrected chi connectivity index (χ2v) is 6.70. The topological polar surface area (TPSA) is 50.4 Å². The third kappa shape index (κ3) is 5.48. The molecule has 0 aliphatic carbocycles. The van der Waals surface area contributed by atoms with Gasteiger partial charge in [0.05, 0.1) is 0 Å². The first-order chi connectivity index (χ1) is 12.2. The van der Waals surface area contributed by atoms with Crippen LogP contribution in [0.2, 0.25) is 5.02 Å². The Kier molecular flexibility index (Phi) is 6.31. The molecule has 0 atom stereocenters. The van der Waals surface area contributed by atoms with Gasteiger partial charge in [-0.25, -0.2) is 0 Å². The van der Waals surface area contributed by atoms with Crippen LogP contribution in [-0.2, 0) is 16.0 Å². The SMILES string of the molecule is O=C(Nc1ccc(NCCc2cccc(Cl)c2)cc1)C1CCOCC1. The van der Waals surface area contributed by atoms with Gasteiger partial charge in [-0.05, 0) is 61.2 Å². The van der Waals surface area contributed by atoms with Gasteiger partial charge in [0.2, 0.25) is 5.91 Å². The minimum absolute atomic E-state index is 0.0595. The highest BCUT2D eigenvalue weighted by Gasteiger charge is 2.21. The molecule has 0 aromatic heterocycles. The van der Waals surface area contributed by atoms with E-state index in [2.05, 4.69) is 16.7 Å². The van der Waals surface area contributed by atoms with Crippen molar-refractivity contribution in [1.29, 1.82) is 0 Å². The van der Waals surface area contributed by atoms with Gasteiger partial charge in [-0.1, -0.05) is 23.7 Å². The van der Waals surface area contributed by atoms with Gasteiger partial charge in [0.1, 0.15) is 0 Å². The highest BCUT2D eigenvalue weighted by molar-refractivity contribution is 6.30. The van der Waals surface area contributed by atoms with Crippen LogP contribution in [0, 0.1) is 5.92 Å². The molecule has 1 saturated heterocycles. The van der Waals surface area contributed by atoms with E-state index in [0.29, 0.717) is 13.2 Å². The molecule has 5 heteroatoms. The molecule has 0 saturated carbocycles. The largest absolute Gasteiger partial charge is 0.385 e. The molecule has 1 aliphatic rings. The second kappa shape index (κ2) is 8.88. The van der Waals surface area contributed by atoms with Gasteiger partial charge < -0.3 is 15.4 Å². The molecule has 3 rings (SSSR count). The second-order valence-electron chi connectivity index (χ2n) is 6.26.